The molecule has 4 heteroatoms. The molecule has 130 valence electrons. The molecule has 0 aliphatic carbocycles. The van der Waals surface area contributed by atoms with E-state index in [-0.39, 0.29) is 6.04 Å². The van der Waals surface area contributed by atoms with Crippen molar-refractivity contribution in [1.29, 1.82) is 0 Å². The smallest absolute Gasteiger partial charge is 0.364 e. The van der Waals surface area contributed by atoms with Crippen LogP contribution < -0.4 is 4.90 Å². The average Bonchev–Trinajstić information content (AvgIpc) is 2.54. The summed E-state index contributed by atoms with van der Waals surface area (Å²) in [7, 11) is 0. The summed E-state index contributed by atoms with van der Waals surface area (Å²) < 4.78 is 37.3. The molecular weight excluding hydrogens is 311 g/mol. The predicted octanol–water partition coefficient (Wildman–Crippen LogP) is 5.84. The molecule has 1 heterocycles. The van der Waals surface area contributed by atoms with E-state index in [1.54, 1.807) is 12.2 Å². The van der Waals surface area contributed by atoms with Crippen LogP contribution in [0.25, 0.3) is 0 Å². The number of nitrogens with zero attached hydrogens (tertiary/aromatic N) is 1. The van der Waals surface area contributed by atoms with Crippen molar-refractivity contribution in [2.75, 3.05) is 11.4 Å². The average molecular weight is 335 g/mol. The van der Waals surface area contributed by atoms with E-state index in [0.717, 1.165) is 31.4 Å². The molecule has 2 rings (SSSR count). The van der Waals surface area contributed by atoms with E-state index >= 15 is 0 Å². The lowest BCUT2D eigenvalue weighted by Crippen LogP contribution is -2.39. The van der Waals surface area contributed by atoms with Gasteiger partial charge in [0.2, 0.25) is 0 Å². The molecule has 0 fully saturated rings. The molecule has 0 N–H and O–H groups in total. The summed E-state index contributed by atoms with van der Waals surface area (Å²) in [6.07, 6.45) is 4.11. The van der Waals surface area contributed by atoms with E-state index < -0.39 is 12.6 Å². The van der Waals surface area contributed by atoms with E-state index in [9.17, 15) is 13.2 Å². The molecule has 0 bridgehead atoms. The molecule has 0 spiro atoms. The molecule has 1 aliphatic heterocycles. The highest BCUT2D eigenvalue weighted by Gasteiger charge is 2.26. The lowest BCUT2D eigenvalue weighted by atomic mass is 9.95. The van der Waals surface area contributed by atoms with Crippen molar-refractivity contribution in [3.63, 3.8) is 0 Å². The van der Waals surface area contributed by atoms with Crippen molar-refractivity contribution in [3.8, 4) is 0 Å². The minimum atomic E-state index is -4.17. The van der Waals surface area contributed by atoms with Crippen LogP contribution in [0, 0.1) is 0 Å². The molecule has 0 radical (unpaired) electrons. The van der Waals surface area contributed by atoms with Gasteiger partial charge in [-0.1, -0.05) is 56.0 Å². The molecule has 0 saturated heterocycles. The van der Waals surface area contributed by atoms with E-state index in [1.165, 1.54) is 17.3 Å². The van der Waals surface area contributed by atoms with Crippen LogP contribution in [-0.2, 0) is 6.42 Å². The Morgan fingerprint density at radius 2 is 2.08 bits per heavy atom. The number of hydrogen-bond donors (Lipinski definition) is 0. The van der Waals surface area contributed by atoms with Gasteiger partial charge in [0.05, 0.1) is 12.5 Å². The Morgan fingerprint density at radius 1 is 1.33 bits per heavy atom. The first-order valence-corrected chi connectivity index (χ1v) is 8.36. The number of allylic oxidation sites excluding steroid dienone is 3. The first-order chi connectivity index (χ1) is 11.5. The van der Waals surface area contributed by atoms with Gasteiger partial charge in [-0.15, -0.1) is 0 Å². The maximum atomic E-state index is 12.4. The molecule has 1 nitrogen and oxygen atoms in total. The molecule has 1 atom stereocenters. The highest BCUT2D eigenvalue weighted by atomic mass is 19.4. The monoisotopic (exact) mass is 335 g/mol. The second-order valence-electron chi connectivity index (χ2n) is 5.97. The zero-order valence-electron chi connectivity index (χ0n) is 14.0. The standard InChI is InChI=1S/C20H24F3N/c1-3-9-16(11-7-14-20(21,22)23)18(4-2)24-15-8-12-17-10-5-6-13-19(17)24/h3,5-7,9-11,13,18H,1,4,8,12,14-15H2,2H3/b11-7-,16-9+. The number of alkyl halides is 3. The lowest BCUT2D eigenvalue weighted by Gasteiger charge is -2.38. The Bertz CT molecular complexity index is 614. The number of aryl methyl sites for hydroxylation is 1. The number of benzene rings is 1. The summed E-state index contributed by atoms with van der Waals surface area (Å²) >= 11 is 0. The van der Waals surface area contributed by atoms with Gasteiger partial charge < -0.3 is 4.90 Å². The molecular formula is C20H24F3N. The van der Waals surface area contributed by atoms with Crippen LogP contribution in [0.5, 0.6) is 0 Å². The van der Waals surface area contributed by atoms with Crippen molar-refractivity contribution in [2.45, 2.75) is 44.8 Å². The van der Waals surface area contributed by atoms with Gasteiger partial charge in [-0.25, -0.2) is 0 Å². The zero-order valence-corrected chi connectivity index (χ0v) is 14.0. The van der Waals surface area contributed by atoms with Gasteiger partial charge in [-0.3, -0.25) is 0 Å². The second kappa shape index (κ2) is 8.22. The minimum Gasteiger partial charge on any atom is -0.364 e. The Balaban J connectivity index is 2.28. The summed E-state index contributed by atoms with van der Waals surface area (Å²) in [5.41, 5.74) is 3.36. The summed E-state index contributed by atoms with van der Waals surface area (Å²) in [5, 5.41) is 0. The van der Waals surface area contributed by atoms with Crippen molar-refractivity contribution >= 4 is 5.69 Å². The number of rotatable bonds is 6. The van der Waals surface area contributed by atoms with Crippen LogP contribution in [0.3, 0.4) is 0 Å². The topological polar surface area (TPSA) is 3.24 Å². The lowest BCUT2D eigenvalue weighted by molar-refractivity contribution is -0.125. The first kappa shape index (κ1) is 18.4. The van der Waals surface area contributed by atoms with Gasteiger partial charge in [0, 0.05) is 12.2 Å². The van der Waals surface area contributed by atoms with E-state index in [4.69, 9.17) is 0 Å². The number of anilines is 1. The quantitative estimate of drug-likeness (QED) is 0.590. The molecule has 0 amide bonds. The van der Waals surface area contributed by atoms with Crippen LogP contribution in [0.15, 0.2) is 60.7 Å². The summed E-state index contributed by atoms with van der Waals surface area (Å²) in [6, 6.07) is 8.33. The van der Waals surface area contributed by atoms with Gasteiger partial charge in [0.1, 0.15) is 0 Å². The third kappa shape index (κ3) is 4.76. The Labute approximate surface area is 142 Å². The molecule has 0 aromatic heterocycles. The number of para-hydroxylation sites is 1. The number of halogens is 3. The normalized spacial score (nSPS) is 17.0. The SMILES string of the molecule is C=C/C=C(\C=C/CC(F)(F)F)C(CC)N1CCCc2ccccc21. The first-order valence-electron chi connectivity index (χ1n) is 8.36. The van der Waals surface area contributed by atoms with Crippen LogP contribution >= 0.6 is 0 Å². The Kier molecular flexibility index (Phi) is 6.29. The van der Waals surface area contributed by atoms with Gasteiger partial charge in [0.15, 0.2) is 0 Å². The molecule has 1 aromatic rings. The van der Waals surface area contributed by atoms with Crippen molar-refractivity contribution in [2.24, 2.45) is 0 Å². The van der Waals surface area contributed by atoms with Gasteiger partial charge >= 0.3 is 6.18 Å². The minimum absolute atomic E-state index is 0.0499. The third-order valence-corrected chi connectivity index (χ3v) is 4.26. The van der Waals surface area contributed by atoms with Crippen molar-refractivity contribution in [3.05, 3.63) is 66.3 Å². The second-order valence-corrected chi connectivity index (χ2v) is 5.97. The van der Waals surface area contributed by atoms with Gasteiger partial charge in [-0.05, 0) is 36.5 Å². The molecule has 0 saturated carbocycles. The van der Waals surface area contributed by atoms with Crippen LogP contribution in [0.4, 0.5) is 18.9 Å². The van der Waals surface area contributed by atoms with Crippen molar-refractivity contribution < 1.29 is 13.2 Å². The van der Waals surface area contributed by atoms with Crippen LogP contribution in [0.2, 0.25) is 0 Å². The fourth-order valence-corrected chi connectivity index (χ4v) is 3.26. The molecule has 1 unspecified atom stereocenters. The highest BCUT2D eigenvalue weighted by Crippen LogP contribution is 2.32. The third-order valence-electron chi connectivity index (χ3n) is 4.26. The summed E-state index contributed by atoms with van der Waals surface area (Å²) in [5.74, 6) is 0. The Morgan fingerprint density at radius 3 is 2.75 bits per heavy atom. The van der Waals surface area contributed by atoms with E-state index in [0.29, 0.717) is 0 Å². The van der Waals surface area contributed by atoms with Crippen LogP contribution in [-0.4, -0.2) is 18.8 Å². The number of hydrogen-bond acceptors (Lipinski definition) is 1. The molecule has 1 aliphatic rings. The highest BCUT2D eigenvalue weighted by molar-refractivity contribution is 5.58. The van der Waals surface area contributed by atoms with Crippen LogP contribution in [0.1, 0.15) is 31.7 Å². The maximum Gasteiger partial charge on any atom is 0.392 e. The Hall–Kier alpha value is -1.97. The summed E-state index contributed by atoms with van der Waals surface area (Å²) in [4.78, 5) is 2.31. The maximum absolute atomic E-state index is 12.4. The zero-order chi connectivity index (χ0) is 17.6. The molecule has 24 heavy (non-hydrogen) atoms. The van der Waals surface area contributed by atoms with E-state index in [1.807, 2.05) is 18.2 Å². The number of fused-ring (bicyclic) bond motifs is 1. The van der Waals surface area contributed by atoms with E-state index in [2.05, 4.69) is 30.5 Å². The fraction of sp³-hybridized carbons (Fsp3) is 0.400. The predicted molar refractivity (Wildman–Crippen MR) is 94.3 cm³/mol. The van der Waals surface area contributed by atoms with Gasteiger partial charge in [0.25, 0.3) is 0 Å². The molecule has 1 aromatic carbocycles. The van der Waals surface area contributed by atoms with Crippen molar-refractivity contribution in [1.82, 2.24) is 0 Å². The van der Waals surface area contributed by atoms with Gasteiger partial charge in [-0.2, -0.15) is 13.2 Å². The fourth-order valence-electron chi connectivity index (χ4n) is 3.26. The summed E-state index contributed by atoms with van der Waals surface area (Å²) in [6.45, 7) is 6.69. The largest absolute Gasteiger partial charge is 0.392 e.